The molecule has 7 heteroatoms. The molecular formula is C30H30N2O4S. The molecule has 1 heterocycles. The molecule has 190 valence electrons. The minimum atomic E-state index is -3.92. The first-order chi connectivity index (χ1) is 17.6. The molecule has 1 amide bonds. The van der Waals surface area contributed by atoms with Crippen LogP contribution in [0.1, 0.15) is 31.9 Å². The smallest absolute Gasteiger partial charge is 0.264 e. The molecule has 1 aliphatic rings. The summed E-state index contributed by atoms with van der Waals surface area (Å²) in [5.74, 6) is -0.00317. The molecule has 0 saturated heterocycles. The average molecular weight is 515 g/mol. The van der Waals surface area contributed by atoms with Crippen molar-refractivity contribution in [2.45, 2.75) is 43.7 Å². The van der Waals surface area contributed by atoms with E-state index < -0.39 is 16.1 Å². The summed E-state index contributed by atoms with van der Waals surface area (Å²) < 4.78 is 34.8. The fourth-order valence-corrected chi connectivity index (χ4v) is 5.94. The second-order valence-corrected chi connectivity index (χ2v) is 12.1. The molecule has 0 bridgehead atoms. The number of carbonyl (C=O) groups is 1. The van der Waals surface area contributed by atoms with Crippen LogP contribution in [0.25, 0.3) is 10.8 Å². The Bertz CT molecular complexity index is 1560. The van der Waals surface area contributed by atoms with E-state index in [-0.39, 0.29) is 22.8 Å². The van der Waals surface area contributed by atoms with E-state index in [1.165, 1.54) is 4.31 Å². The van der Waals surface area contributed by atoms with Crippen LogP contribution in [0.5, 0.6) is 5.75 Å². The zero-order valence-corrected chi connectivity index (χ0v) is 22.0. The van der Waals surface area contributed by atoms with Gasteiger partial charge in [0.1, 0.15) is 5.75 Å². The highest BCUT2D eigenvalue weighted by Crippen LogP contribution is 2.40. The maximum absolute atomic E-state index is 13.7. The van der Waals surface area contributed by atoms with Crippen molar-refractivity contribution >= 4 is 32.4 Å². The van der Waals surface area contributed by atoms with Gasteiger partial charge in [-0.1, -0.05) is 81.4 Å². The van der Waals surface area contributed by atoms with E-state index in [9.17, 15) is 13.2 Å². The molecule has 0 fully saturated rings. The molecule has 0 saturated carbocycles. The number of carbonyl (C=O) groups excluding carboxylic acids is 1. The second kappa shape index (κ2) is 9.56. The molecule has 0 radical (unpaired) electrons. The van der Waals surface area contributed by atoms with Crippen molar-refractivity contribution in [1.82, 2.24) is 5.32 Å². The Morgan fingerprint density at radius 1 is 0.919 bits per heavy atom. The first-order valence-corrected chi connectivity index (χ1v) is 13.7. The summed E-state index contributed by atoms with van der Waals surface area (Å²) in [4.78, 5) is 13.4. The van der Waals surface area contributed by atoms with Crippen LogP contribution in [0, 0.1) is 0 Å². The second-order valence-electron chi connectivity index (χ2n) is 10.3. The van der Waals surface area contributed by atoms with E-state index in [0.29, 0.717) is 18.0 Å². The number of fused-ring (bicyclic) bond motifs is 2. The van der Waals surface area contributed by atoms with Crippen molar-refractivity contribution in [1.29, 1.82) is 0 Å². The van der Waals surface area contributed by atoms with Crippen molar-refractivity contribution in [2.24, 2.45) is 0 Å². The maximum atomic E-state index is 13.7. The fraction of sp³-hybridized carbons (Fsp3) is 0.233. The monoisotopic (exact) mass is 514 g/mol. The topological polar surface area (TPSA) is 75.7 Å². The standard InChI is InChI=1S/C30H30N2O4S/c1-30(2,3)24-15-16-27-26(18-24)32(37(34,35)25-11-5-4-6-12-25)20-28(36-27)29(33)31-19-21-13-14-22-9-7-8-10-23(22)17-21/h4-18,28H,19-20H2,1-3H3,(H,31,33)/t28-/m0/s1. The predicted molar refractivity (Wildman–Crippen MR) is 146 cm³/mol. The van der Waals surface area contributed by atoms with Gasteiger partial charge in [-0.3, -0.25) is 9.10 Å². The molecule has 4 aromatic carbocycles. The summed E-state index contributed by atoms with van der Waals surface area (Å²) in [6.07, 6.45) is -0.994. The third kappa shape index (κ3) is 5.04. The van der Waals surface area contributed by atoms with Gasteiger partial charge in [-0.25, -0.2) is 8.42 Å². The number of anilines is 1. The molecule has 37 heavy (non-hydrogen) atoms. The van der Waals surface area contributed by atoms with Crippen LogP contribution in [-0.2, 0) is 26.8 Å². The Hall–Kier alpha value is -3.84. The highest BCUT2D eigenvalue weighted by Gasteiger charge is 2.38. The molecule has 1 atom stereocenters. The molecule has 0 unspecified atom stereocenters. The number of hydrogen-bond donors (Lipinski definition) is 1. The molecule has 0 aliphatic carbocycles. The average Bonchev–Trinajstić information content (AvgIpc) is 2.90. The van der Waals surface area contributed by atoms with Gasteiger partial charge in [-0.15, -0.1) is 0 Å². The van der Waals surface area contributed by atoms with Crippen LogP contribution >= 0.6 is 0 Å². The molecule has 1 aliphatic heterocycles. The molecule has 0 aromatic heterocycles. The van der Waals surface area contributed by atoms with Crippen molar-refractivity contribution in [3.63, 3.8) is 0 Å². The third-order valence-electron chi connectivity index (χ3n) is 6.60. The fourth-order valence-electron chi connectivity index (χ4n) is 4.45. The van der Waals surface area contributed by atoms with Gasteiger partial charge < -0.3 is 10.1 Å². The van der Waals surface area contributed by atoms with Crippen LogP contribution < -0.4 is 14.4 Å². The zero-order valence-electron chi connectivity index (χ0n) is 21.1. The predicted octanol–water partition coefficient (Wildman–Crippen LogP) is 5.41. The largest absolute Gasteiger partial charge is 0.476 e. The lowest BCUT2D eigenvalue weighted by Crippen LogP contribution is -2.50. The van der Waals surface area contributed by atoms with Crippen molar-refractivity contribution in [3.05, 3.63) is 102 Å². The van der Waals surface area contributed by atoms with Gasteiger partial charge >= 0.3 is 0 Å². The first kappa shape index (κ1) is 24.8. The van der Waals surface area contributed by atoms with Crippen LogP contribution in [0.15, 0.2) is 95.9 Å². The summed E-state index contributed by atoms with van der Waals surface area (Å²) >= 11 is 0. The van der Waals surface area contributed by atoms with Crippen molar-refractivity contribution < 1.29 is 17.9 Å². The Labute approximate surface area is 217 Å². The van der Waals surface area contributed by atoms with Gasteiger partial charge in [-0.05, 0) is 57.6 Å². The van der Waals surface area contributed by atoms with Crippen LogP contribution in [0.2, 0.25) is 0 Å². The minimum absolute atomic E-state index is 0.124. The normalized spacial score (nSPS) is 15.6. The number of hydrogen-bond acceptors (Lipinski definition) is 4. The summed E-state index contributed by atoms with van der Waals surface area (Å²) in [5.41, 5.74) is 2.18. The van der Waals surface area contributed by atoms with Gasteiger partial charge in [0.05, 0.1) is 17.1 Å². The molecule has 5 rings (SSSR count). The molecule has 6 nitrogen and oxygen atoms in total. The number of benzene rings is 4. The number of ether oxygens (including phenoxy) is 1. The Morgan fingerprint density at radius 2 is 1.62 bits per heavy atom. The van der Waals surface area contributed by atoms with Crippen molar-refractivity contribution in [2.75, 3.05) is 10.8 Å². The summed E-state index contributed by atoms with van der Waals surface area (Å²) in [6, 6.07) is 27.9. The number of sulfonamides is 1. The Kier molecular flexibility index (Phi) is 6.42. The highest BCUT2D eigenvalue weighted by molar-refractivity contribution is 7.92. The summed E-state index contributed by atoms with van der Waals surface area (Å²) in [5, 5.41) is 5.14. The van der Waals surface area contributed by atoms with Crippen molar-refractivity contribution in [3.8, 4) is 5.75 Å². The Morgan fingerprint density at radius 3 is 2.35 bits per heavy atom. The SMILES string of the molecule is CC(C)(C)c1ccc2c(c1)N(S(=O)(=O)c1ccccc1)C[C@@H](C(=O)NCc1ccc3ccccc3c1)O2. The third-order valence-corrected chi connectivity index (χ3v) is 8.39. The molecule has 0 spiro atoms. The number of amides is 1. The van der Waals surface area contributed by atoms with E-state index in [1.807, 2.05) is 54.6 Å². The van der Waals surface area contributed by atoms with Gasteiger partial charge in [-0.2, -0.15) is 0 Å². The van der Waals surface area contributed by atoms with E-state index in [4.69, 9.17) is 4.74 Å². The lowest BCUT2D eigenvalue weighted by atomic mass is 9.86. The lowest BCUT2D eigenvalue weighted by molar-refractivity contribution is -0.127. The Balaban J connectivity index is 1.44. The van der Waals surface area contributed by atoms with Gasteiger partial charge in [0.25, 0.3) is 15.9 Å². The van der Waals surface area contributed by atoms with Crippen LogP contribution in [0.4, 0.5) is 5.69 Å². The quantitative estimate of drug-likeness (QED) is 0.386. The van der Waals surface area contributed by atoms with E-state index in [1.54, 1.807) is 36.4 Å². The van der Waals surface area contributed by atoms with E-state index >= 15 is 0 Å². The van der Waals surface area contributed by atoms with Gasteiger partial charge in [0.15, 0.2) is 6.10 Å². The van der Waals surface area contributed by atoms with Gasteiger partial charge in [0, 0.05) is 6.54 Å². The van der Waals surface area contributed by atoms with E-state index in [0.717, 1.165) is 21.9 Å². The van der Waals surface area contributed by atoms with Crippen LogP contribution in [-0.4, -0.2) is 27.0 Å². The molecule has 4 aromatic rings. The number of nitrogens with one attached hydrogen (secondary N) is 1. The highest BCUT2D eigenvalue weighted by atomic mass is 32.2. The molecular weight excluding hydrogens is 484 g/mol. The zero-order chi connectivity index (χ0) is 26.2. The van der Waals surface area contributed by atoms with E-state index in [2.05, 4.69) is 26.1 Å². The maximum Gasteiger partial charge on any atom is 0.264 e. The number of nitrogens with zero attached hydrogens (tertiary/aromatic N) is 1. The molecule has 1 N–H and O–H groups in total. The summed E-state index contributed by atoms with van der Waals surface area (Å²) in [6.45, 7) is 6.39. The lowest BCUT2D eigenvalue weighted by Gasteiger charge is -2.36. The summed E-state index contributed by atoms with van der Waals surface area (Å²) in [7, 11) is -3.92. The number of rotatable bonds is 5. The minimum Gasteiger partial charge on any atom is -0.476 e. The van der Waals surface area contributed by atoms with Gasteiger partial charge in [0.2, 0.25) is 0 Å². The van der Waals surface area contributed by atoms with Crippen LogP contribution in [0.3, 0.4) is 0 Å². The first-order valence-electron chi connectivity index (χ1n) is 12.3.